The Kier molecular flexibility index (Phi) is 3.04. The van der Waals surface area contributed by atoms with Crippen molar-refractivity contribution in [3.63, 3.8) is 0 Å². The van der Waals surface area contributed by atoms with E-state index in [1.165, 1.54) is 0 Å². The Morgan fingerprint density at radius 2 is 1.86 bits per heavy atom. The summed E-state index contributed by atoms with van der Waals surface area (Å²) in [5, 5.41) is 0. The molecule has 0 heterocycles. The van der Waals surface area contributed by atoms with E-state index in [4.69, 9.17) is 10.7 Å². The van der Waals surface area contributed by atoms with Crippen LogP contribution in [-0.2, 0) is 13.8 Å². The number of hydrogen-bond donors (Lipinski definition) is 0. The van der Waals surface area contributed by atoms with Crippen molar-refractivity contribution in [3.8, 4) is 0 Å². The normalized spacial score (nSPS) is 20.9. The van der Waals surface area contributed by atoms with Gasteiger partial charge in [-0.3, -0.25) is 4.74 Å². The Balaban J connectivity index is 2.40. The number of rotatable bonds is 4. The zero-order valence-corrected chi connectivity index (χ0v) is 8.55. The average Bonchev–Trinajstić information content (AvgIpc) is 2.63. The molecule has 0 aromatic heterocycles. The summed E-state index contributed by atoms with van der Waals surface area (Å²) < 4.78 is 58.7. The van der Waals surface area contributed by atoms with Crippen LogP contribution in [0.25, 0.3) is 0 Å². The van der Waals surface area contributed by atoms with E-state index in [2.05, 4.69) is 4.74 Å². The van der Waals surface area contributed by atoms with Gasteiger partial charge < -0.3 is 0 Å². The van der Waals surface area contributed by atoms with Crippen molar-refractivity contribution in [1.29, 1.82) is 0 Å². The maximum atomic E-state index is 11.5. The van der Waals surface area contributed by atoms with Crippen LogP contribution in [0.15, 0.2) is 0 Å². The summed E-state index contributed by atoms with van der Waals surface area (Å²) >= 11 is 0. The second kappa shape index (κ2) is 3.53. The molecule has 3 nitrogen and oxygen atoms in total. The van der Waals surface area contributed by atoms with E-state index in [1.54, 1.807) is 0 Å². The van der Waals surface area contributed by atoms with Gasteiger partial charge in [0.15, 0.2) is 0 Å². The minimum Gasteiger partial charge on any atom is -0.292 e. The Morgan fingerprint density at radius 1 is 1.36 bits per heavy atom. The monoisotopic (exact) mass is 252 g/mol. The second-order valence-corrected chi connectivity index (χ2v) is 6.13. The van der Waals surface area contributed by atoms with Gasteiger partial charge in [-0.05, 0) is 19.3 Å². The lowest BCUT2D eigenvalue weighted by Crippen LogP contribution is -2.23. The van der Waals surface area contributed by atoms with Crippen LogP contribution in [0, 0.1) is 0 Å². The predicted octanol–water partition coefficient (Wildman–Crippen LogP) is 2.01. The lowest BCUT2D eigenvalue weighted by Gasteiger charge is -2.12. The Labute approximate surface area is 83.6 Å². The van der Waals surface area contributed by atoms with E-state index < -0.39 is 26.8 Å². The molecule has 1 rings (SSSR count). The number of ether oxygens (including phenoxy) is 1. The molecule has 0 radical (unpaired) electrons. The molecule has 0 aromatic rings. The molecular formula is C6H8ClF3O3S. The fourth-order valence-corrected chi connectivity index (χ4v) is 2.72. The van der Waals surface area contributed by atoms with Gasteiger partial charge in [0.25, 0.3) is 0 Å². The van der Waals surface area contributed by atoms with E-state index in [0.29, 0.717) is 12.8 Å². The molecule has 0 atom stereocenters. The third kappa shape index (κ3) is 2.99. The summed E-state index contributed by atoms with van der Waals surface area (Å²) in [4.78, 5) is 0. The third-order valence-electron chi connectivity index (χ3n) is 2.15. The maximum Gasteiger partial charge on any atom is 0.522 e. The van der Waals surface area contributed by atoms with E-state index in [9.17, 15) is 21.6 Å². The standard InChI is InChI=1S/C6H8ClF3O3S/c7-14(11,12)5(1-2-5)3-4-13-6(8,9)10/h1-4H2. The first-order valence-electron chi connectivity index (χ1n) is 3.81. The van der Waals surface area contributed by atoms with E-state index in [-0.39, 0.29) is 6.42 Å². The smallest absolute Gasteiger partial charge is 0.292 e. The predicted molar refractivity (Wildman–Crippen MR) is 43.4 cm³/mol. The first kappa shape index (κ1) is 12.1. The van der Waals surface area contributed by atoms with Crippen LogP contribution in [-0.4, -0.2) is 26.1 Å². The molecule has 0 N–H and O–H groups in total. The lowest BCUT2D eigenvalue weighted by molar-refractivity contribution is -0.324. The van der Waals surface area contributed by atoms with Gasteiger partial charge in [-0.1, -0.05) is 0 Å². The zero-order chi connectivity index (χ0) is 11.0. The molecule has 0 saturated heterocycles. The van der Waals surface area contributed by atoms with Crippen LogP contribution >= 0.6 is 10.7 Å². The molecule has 0 unspecified atom stereocenters. The van der Waals surface area contributed by atoms with Gasteiger partial charge in [0.2, 0.25) is 9.05 Å². The molecule has 1 aliphatic carbocycles. The first-order valence-corrected chi connectivity index (χ1v) is 6.12. The summed E-state index contributed by atoms with van der Waals surface area (Å²) in [6, 6.07) is 0. The van der Waals surface area contributed by atoms with Gasteiger partial charge in [-0.15, -0.1) is 13.2 Å². The molecule has 1 fully saturated rings. The van der Waals surface area contributed by atoms with Crippen molar-refractivity contribution in [2.45, 2.75) is 30.4 Å². The summed E-state index contributed by atoms with van der Waals surface area (Å²) in [5.41, 5.74) is 0. The number of halogens is 4. The molecule has 0 amide bonds. The molecule has 0 aromatic carbocycles. The van der Waals surface area contributed by atoms with Crippen molar-refractivity contribution in [2.24, 2.45) is 0 Å². The van der Waals surface area contributed by atoms with E-state index in [1.807, 2.05) is 0 Å². The van der Waals surface area contributed by atoms with Gasteiger partial charge in [-0.2, -0.15) is 0 Å². The van der Waals surface area contributed by atoms with Crippen LogP contribution in [0.5, 0.6) is 0 Å². The Morgan fingerprint density at radius 3 is 2.14 bits per heavy atom. The molecule has 0 bridgehead atoms. The first-order chi connectivity index (χ1) is 6.16. The van der Waals surface area contributed by atoms with Crippen molar-refractivity contribution in [2.75, 3.05) is 6.61 Å². The summed E-state index contributed by atoms with van der Waals surface area (Å²) in [6.45, 7) is -0.671. The quantitative estimate of drug-likeness (QED) is 0.719. The Bertz CT molecular complexity index is 307. The topological polar surface area (TPSA) is 43.4 Å². The lowest BCUT2D eigenvalue weighted by atomic mass is 10.3. The van der Waals surface area contributed by atoms with Crippen molar-refractivity contribution < 1.29 is 26.3 Å². The fraction of sp³-hybridized carbons (Fsp3) is 1.00. The molecule has 0 aliphatic heterocycles. The minimum atomic E-state index is -4.72. The van der Waals surface area contributed by atoms with Crippen LogP contribution in [0.3, 0.4) is 0 Å². The van der Waals surface area contributed by atoms with Crippen molar-refractivity contribution in [1.82, 2.24) is 0 Å². The van der Waals surface area contributed by atoms with Gasteiger partial charge >= 0.3 is 6.36 Å². The highest BCUT2D eigenvalue weighted by atomic mass is 35.7. The molecular weight excluding hydrogens is 245 g/mol. The summed E-state index contributed by atoms with van der Waals surface area (Å²) in [6.07, 6.45) is -4.31. The van der Waals surface area contributed by atoms with Crippen LogP contribution in [0.1, 0.15) is 19.3 Å². The highest BCUT2D eigenvalue weighted by molar-refractivity contribution is 8.15. The molecule has 1 aliphatic rings. The van der Waals surface area contributed by atoms with Gasteiger partial charge in [-0.25, -0.2) is 8.42 Å². The molecule has 84 valence electrons. The maximum absolute atomic E-state index is 11.5. The van der Waals surface area contributed by atoms with Crippen molar-refractivity contribution in [3.05, 3.63) is 0 Å². The van der Waals surface area contributed by atoms with Gasteiger partial charge in [0.05, 0.1) is 11.4 Å². The summed E-state index contributed by atoms with van der Waals surface area (Å²) in [7, 11) is 1.29. The van der Waals surface area contributed by atoms with Crippen molar-refractivity contribution >= 4 is 19.7 Å². The Hall–Kier alpha value is -0.0100. The van der Waals surface area contributed by atoms with Crippen LogP contribution in [0.2, 0.25) is 0 Å². The molecule has 8 heteroatoms. The third-order valence-corrected chi connectivity index (χ3v) is 4.78. The van der Waals surface area contributed by atoms with E-state index >= 15 is 0 Å². The highest BCUT2D eigenvalue weighted by Crippen LogP contribution is 2.48. The summed E-state index contributed by atoms with van der Waals surface area (Å²) in [5.74, 6) is 0. The molecule has 0 spiro atoms. The SMILES string of the molecule is O=S(=O)(Cl)C1(CCOC(F)(F)F)CC1. The van der Waals surface area contributed by atoms with Gasteiger partial charge in [0.1, 0.15) is 0 Å². The fourth-order valence-electron chi connectivity index (χ4n) is 1.11. The van der Waals surface area contributed by atoms with Crippen LogP contribution in [0.4, 0.5) is 13.2 Å². The molecule has 14 heavy (non-hydrogen) atoms. The average molecular weight is 253 g/mol. The van der Waals surface area contributed by atoms with Crippen LogP contribution < -0.4 is 0 Å². The number of alkyl halides is 3. The second-order valence-electron chi connectivity index (χ2n) is 3.17. The molecule has 1 saturated carbocycles. The minimum absolute atomic E-state index is 0.210. The zero-order valence-electron chi connectivity index (χ0n) is 6.97. The van der Waals surface area contributed by atoms with Gasteiger partial charge in [0, 0.05) is 10.7 Å². The largest absolute Gasteiger partial charge is 0.522 e. The highest BCUT2D eigenvalue weighted by Gasteiger charge is 2.53. The van der Waals surface area contributed by atoms with E-state index in [0.717, 1.165) is 0 Å². The number of hydrogen-bond acceptors (Lipinski definition) is 3.